The van der Waals surface area contributed by atoms with Gasteiger partial charge >= 0.3 is 0 Å². The third kappa shape index (κ3) is 2.42. The van der Waals surface area contributed by atoms with Crippen molar-refractivity contribution in [2.24, 2.45) is 0 Å². The average molecular weight is 312 g/mol. The highest BCUT2D eigenvalue weighted by atomic mass is 35.5. The van der Waals surface area contributed by atoms with E-state index in [0.29, 0.717) is 14.4 Å². The summed E-state index contributed by atoms with van der Waals surface area (Å²) in [5.41, 5.74) is 3.25. The molecule has 2 aromatic rings. The van der Waals surface area contributed by atoms with Crippen LogP contribution in [0, 0.1) is 0 Å². The van der Waals surface area contributed by atoms with Crippen molar-refractivity contribution in [3.05, 3.63) is 49.4 Å². The van der Waals surface area contributed by atoms with Gasteiger partial charge in [0.2, 0.25) is 0 Å². The fourth-order valence-corrected chi connectivity index (χ4v) is 3.99. The van der Waals surface area contributed by atoms with Gasteiger partial charge in [0.1, 0.15) is 5.15 Å². The maximum absolute atomic E-state index is 10.9. The zero-order chi connectivity index (χ0) is 13.4. The Bertz CT molecular complexity index is 638. The van der Waals surface area contributed by atoms with Crippen molar-refractivity contribution >= 4 is 40.8 Å². The zero-order valence-electron chi connectivity index (χ0n) is 10.0. The number of halogens is 2. The summed E-state index contributed by atoms with van der Waals surface area (Å²) in [6, 6.07) is 5.74. The van der Waals surface area contributed by atoms with E-state index in [1.807, 2.05) is 18.2 Å². The second-order valence-corrected chi connectivity index (χ2v) is 6.69. The average Bonchev–Trinajstić information content (AvgIpc) is 2.79. The molecule has 0 N–H and O–H groups in total. The summed E-state index contributed by atoms with van der Waals surface area (Å²) in [7, 11) is 0. The molecule has 0 saturated carbocycles. The van der Waals surface area contributed by atoms with Gasteiger partial charge in [-0.05, 0) is 42.5 Å². The minimum atomic E-state index is 0.153. The quantitative estimate of drug-likeness (QED) is 0.593. The summed E-state index contributed by atoms with van der Waals surface area (Å²) in [6.45, 7) is 0. The van der Waals surface area contributed by atoms with Gasteiger partial charge in [0.15, 0.2) is 6.29 Å². The number of carbonyl (C=O) groups excluding carboxylic acids is 1. The lowest BCUT2D eigenvalue weighted by Crippen LogP contribution is -2.13. The molecule has 1 atom stereocenters. The van der Waals surface area contributed by atoms with Crippen LogP contribution in [0.1, 0.15) is 45.3 Å². The monoisotopic (exact) mass is 311 g/mol. The van der Waals surface area contributed by atoms with E-state index in [4.69, 9.17) is 23.2 Å². The van der Waals surface area contributed by atoms with Crippen LogP contribution in [0.5, 0.6) is 0 Å². The van der Waals surface area contributed by atoms with Crippen molar-refractivity contribution < 1.29 is 4.79 Å². The molecule has 2 nitrogen and oxygen atoms in total. The van der Waals surface area contributed by atoms with E-state index in [2.05, 4.69) is 4.98 Å². The molecule has 0 saturated heterocycles. The molecule has 0 aromatic carbocycles. The Hall–Kier alpha value is -0.900. The van der Waals surface area contributed by atoms with Gasteiger partial charge in [0.05, 0.1) is 14.9 Å². The first-order valence-electron chi connectivity index (χ1n) is 6.08. The normalized spacial score (nSPS) is 18.1. The number of hydrogen-bond donors (Lipinski definition) is 0. The van der Waals surface area contributed by atoms with Crippen LogP contribution < -0.4 is 0 Å². The Morgan fingerprint density at radius 1 is 1.37 bits per heavy atom. The number of carbonyl (C=O) groups is 1. The van der Waals surface area contributed by atoms with E-state index >= 15 is 0 Å². The first-order chi connectivity index (χ1) is 9.19. The number of aryl methyl sites for hydroxylation is 1. The molecule has 0 bridgehead atoms. The SMILES string of the molecule is O=Cc1cc(C2CCCc3ccc(Cl)nc32)c(Cl)s1. The third-order valence-corrected chi connectivity index (χ3v) is 5.00. The van der Waals surface area contributed by atoms with Crippen LogP contribution >= 0.6 is 34.5 Å². The van der Waals surface area contributed by atoms with Crippen molar-refractivity contribution in [1.29, 1.82) is 0 Å². The molecular formula is C14H11Cl2NOS. The summed E-state index contributed by atoms with van der Waals surface area (Å²) in [5.74, 6) is 0.153. The number of fused-ring (bicyclic) bond motifs is 1. The van der Waals surface area contributed by atoms with Crippen LogP contribution in [0.25, 0.3) is 0 Å². The van der Waals surface area contributed by atoms with Crippen molar-refractivity contribution in [2.75, 3.05) is 0 Å². The lowest BCUT2D eigenvalue weighted by atomic mass is 9.83. The Balaban J connectivity index is 2.09. The molecule has 0 fully saturated rings. The van der Waals surface area contributed by atoms with Crippen molar-refractivity contribution in [2.45, 2.75) is 25.2 Å². The van der Waals surface area contributed by atoms with E-state index in [1.54, 1.807) is 0 Å². The fraction of sp³-hybridized carbons (Fsp3) is 0.286. The number of aromatic nitrogens is 1. The fourth-order valence-electron chi connectivity index (χ4n) is 2.63. The van der Waals surface area contributed by atoms with Gasteiger partial charge in [-0.3, -0.25) is 4.79 Å². The molecule has 1 unspecified atom stereocenters. The molecule has 3 rings (SSSR count). The number of thiophene rings is 1. The van der Waals surface area contributed by atoms with Crippen LogP contribution in [0.2, 0.25) is 9.49 Å². The minimum absolute atomic E-state index is 0.153. The van der Waals surface area contributed by atoms with E-state index in [9.17, 15) is 4.79 Å². The van der Waals surface area contributed by atoms with Crippen LogP contribution in [-0.4, -0.2) is 11.3 Å². The standard InChI is InChI=1S/C14H11Cl2NOS/c15-12-5-4-8-2-1-3-10(13(8)17-12)11-6-9(7-18)19-14(11)16/h4-7,10H,1-3H2. The second kappa shape index (κ2) is 5.23. The first kappa shape index (κ1) is 13.1. The van der Waals surface area contributed by atoms with Crippen molar-refractivity contribution in [1.82, 2.24) is 4.98 Å². The van der Waals surface area contributed by atoms with Gasteiger partial charge < -0.3 is 0 Å². The predicted molar refractivity (Wildman–Crippen MR) is 78.7 cm³/mol. The highest BCUT2D eigenvalue weighted by molar-refractivity contribution is 7.17. The van der Waals surface area contributed by atoms with Gasteiger partial charge in [-0.15, -0.1) is 11.3 Å². The Morgan fingerprint density at radius 2 is 2.21 bits per heavy atom. The summed E-state index contributed by atoms with van der Waals surface area (Å²) < 4.78 is 0.682. The van der Waals surface area contributed by atoms with E-state index in [0.717, 1.165) is 36.8 Å². The summed E-state index contributed by atoms with van der Waals surface area (Å²) in [6.07, 6.45) is 3.96. The highest BCUT2D eigenvalue weighted by Gasteiger charge is 2.26. The number of nitrogens with zero attached hydrogens (tertiary/aromatic N) is 1. The largest absolute Gasteiger partial charge is 0.297 e. The molecule has 0 radical (unpaired) electrons. The van der Waals surface area contributed by atoms with Crippen LogP contribution in [-0.2, 0) is 6.42 Å². The van der Waals surface area contributed by atoms with Gasteiger partial charge in [-0.2, -0.15) is 0 Å². The topological polar surface area (TPSA) is 30.0 Å². The van der Waals surface area contributed by atoms with E-state index in [1.165, 1.54) is 16.9 Å². The van der Waals surface area contributed by atoms with Gasteiger partial charge in [0, 0.05) is 5.92 Å². The Labute approximate surface area is 125 Å². The van der Waals surface area contributed by atoms with Crippen LogP contribution in [0.4, 0.5) is 0 Å². The zero-order valence-corrected chi connectivity index (χ0v) is 12.4. The molecule has 5 heteroatoms. The van der Waals surface area contributed by atoms with Crippen LogP contribution in [0.3, 0.4) is 0 Å². The first-order valence-corrected chi connectivity index (χ1v) is 7.66. The summed E-state index contributed by atoms with van der Waals surface area (Å²) in [5, 5.41) is 0.507. The molecule has 98 valence electrons. The molecule has 19 heavy (non-hydrogen) atoms. The maximum Gasteiger partial charge on any atom is 0.160 e. The molecular weight excluding hydrogens is 301 g/mol. The van der Waals surface area contributed by atoms with Gasteiger partial charge in [0.25, 0.3) is 0 Å². The van der Waals surface area contributed by atoms with E-state index in [-0.39, 0.29) is 5.92 Å². The number of rotatable bonds is 2. The Kier molecular flexibility index (Phi) is 3.61. The highest BCUT2D eigenvalue weighted by Crippen LogP contribution is 2.41. The van der Waals surface area contributed by atoms with Gasteiger partial charge in [-0.25, -0.2) is 4.98 Å². The molecule has 0 amide bonds. The van der Waals surface area contributed by atoms with E-state index < -0.39 is 0 Å². The van der Waals surface area contributed by atoms with Gasteiger partial charge in [-0.1, -0.05) is 29.3 Å². The molecule has 0 aliphatic heterocycles. The summed E-state index contributed by atoms with van der Waals surface area (Å²) >= 11 is 13.6. The lowest BCUT2D eigenvalue weighted by Gasteiger charge is -2.24. The summed E-state index contributed by atoms with van der Waals surface area (Å²) in [4.78, 5) is 16.0. The second-order valence-electron chi connectivity index (χ2n) is 4.62. The molecule has 2 heterocycles. The number of hydrogen-bond acceptors (Lipinski definition) is 3. The minimum Gasteiger partial charge on any atom is -0.297 e. The Morgan fingerprint density at radius 3 is 2.95 bits per heavy atom. The maximum atomic E-state index is 10.9. The lowest BCUT2D eigenvalue weighted by molar-refractivity contribution is 0.112. The van der Waals surface area contributed by atoms with Crippen LogP contribution in [0.15, 0.2) is 18.2 Å². The molecule has 2 aromatic heterocycles. The molecule has 1 aliphatic rings. The molecule has 1 aliphatic carbocycles. The smallest absolute Gasteiger partial charge is 0.160 e. The number of pyridine rings is 1. The van der Waals surface area contributed by atoms with Crippen molar-refractivity contribution in [3.8, 4) is 0 Å². The third-order valence-electron chi connectivity index (χ3n) is 3.47. The predicted octanol–water partition coefficient (Wildman–Crippen LogP) is 4.73. The number of aldehydes is 1. The van der Waals surface area contributed by atoms with Crippen molar-refractivity contribution in [3.63, 3.8) is 0 Å². The molecule has 0 spiro atoms.